The van der Waals surface area contributed by atoms with Gasteiger partial charge in [0.15, 0.2) is 0 Å². The van der Waals surface area contributed by atoms with Crippen molar-refractivity contribution in [3.63, 3.8) is 0 Å². The summed E-state index contributed by atoms with van der Waals surface area (Å²) in [4.78, 5) is 14.5. The molecule has 0 spiro atoms. The van der Waals surface area contributed by atoms with E-state index in [-0.39, 0.29) is 21.1 Å². The first-order chi connectivity index (χ1) is 5.13. The quantitative estimate of drug-likeness (QED) is 0.544. The largest absolute Gasteiger partial charge is 0.577 e. The van der Waals surface area contributed by atoms with E-state index in [4.69, 9.17) is 27.6 Å². The van der Waals surface area contributed by atoms with E-state index in [0.29, 0.717) is 0 Å². The van der Waals surface area contributed by atoms with Crippen LogP contribution in [-0.4, -0.2) is 0 Å². The third-order valence-corrected chi connectivity index (χ3v) is 0.516. The van der Waals surface area contributed by atoms with Gasteiger partial charge < -0.3 is 21.0 Å². The molecule has 4 nitrogen and oxygen atoms in total. The molecule has 0 aliphatic rings. The Hall–Kier alpha value is -0.632. The van der Waals surface area contributed by atoms with Crippen LogP contribution in [0.2, 0.25) is 0 Å². The summed E-state index contributed by atoms with van der Waals surface area (Å²) in [6.07, 6.45) is 1.94. The maximum absolute atomic E-state index is 7.25. The van der Waals surface area contributed by atoms with Crippen LogP contribution in [0, 0.1) is 16.4 Å². The summed E-state index contributed by atoms with van der Waals surface area (Å²) in [6, 6.07) is 0. The molecule has 0 atom stereocenters. The Balaban J connectivity index is -0.0000000560. The van der Waals surface area contributed by atoms with Crippen molar-refractivity contribution in [2.24, 2.45) is 0 Å². The van der Waals surface area contributed by atoms with Crippen LogP contribution in [0.15, 0.2) is 17.2 Å². The molecule has 0 heterocycles. The van der Waals surface area contributed by atoms with Gasteiger partial charge in [0.25, 0.3) is 0 Å². The summed E-state index contributed by atoms with van der Waals surface area (Å²) in [5, 5.41) is 0. The van der Waals surface area contributed by atoms with Gasteiger partial charge in [0.2, 0.25) is 0 Å². The Morgan fingerprint density at radius 2 is 1.33 bits per heavy atom. The van der Waals surface area contributed by atoms with Crippen molar-refractivity contribution in [1.29, 1.82) is 0 Å². The zero-order valence-electron chi connectivity index (χ0n) is 7.27. The maximum atomic E-state index is 7.25. The predicted molar refractivity (Wildman–Crippen MR) is 46.4 cm³/mol. The Morgan fingerprint density at radius 1 is 1.08 bits per heavy atom. The van der Waals surface area contributed by atoms with E-state index < -0.39 is 0 Å². The molecule has 0 aliphatic carbocycles. The van der Waals surface area contributed by atoms with Gasteiger partial charge in [-0.05, 0) is 0 Å². The summed E-state index contributed by atoms with van der Waals surface area (Å²) in [6.45, 7) is 11.3. The zero-order chi connectivity index (χ0) is 9.86. The molecule has 0 radical (unpaired) electrons. The van der Waals surface area contributed by atoms with Crippen molar-refractivity contribution in [1.82, 2.24) is 0 Å². The van der Waals surface area contributed by atoms with Gasteiger partial charge >= 0.3 is 0 Å². The Labute approximate surface area is 86.9 Å². The summed E-state index contributed by atoms with van der Waals surface area (Å²) in [5.41, 5.74) is 13.6. The first kappa shape index (κ1) is 22.5. The van der Waals surface area contributed by atoms with Crippen LogP contribution in [0.1, 0.15) is 20.8 Å². The van der Waals surface area contributed by atoms with Gasteiger partial charge in [-0.1, -0.05) is 20.8 Å². The summed E-state index contributed by atoms with van der Waals surface area (Å²) in [5.74, 6) is 0. The van der Waals surface area contributed by atoms with E-state index in [1.165, 1.54) is 5.57 Å². The smallest absolute Gasteiger partial charge is 0 e. The standard InChI is InChI=1S/C7H11.2NO.W/c1-6(2)5-7(3)4;2*1-2;/h1,5H,2-4H3;;;/q3*-1;. The molecule has 0 unspecified atom stereocenters. The van der Waals surface area contributed by atoms with Crippen LogP contribution in [0.3, 0.4) is 0 Å². The van der Waals surface area contributed by atoms with Gasteiger partial charge in [0.1, 0.15) is 0 Å². The number of nitrogens with zero attached hydrogens (tertiary/aromatic N) is 2. The minimum atomic E-state index is 0. The van der Waals surface area contributed by atoms with Crippen LogP contribution in [0.5, 0.6) is 0 Å². The second kappa shape index (κ2) is 22.4. The Bertz CT molecular complexity index is 131. The second-order valence-corrected chi connectivity index (χ2v) is 1.97. The summed E-state index contributed by atoms with van der Waals surface area (Å²) in [7, 11) is 0. The van der Waals surface area contributed by atoms with Crippen LogP contribution in [0.25, 0.3) is 11.2 Å². The monoisotopic (exact) mass is 339 g/mol. The molecule has 0 amide bonds. The molecule has 0 aromatic rings. The fourth-order valence-electron chi connectivity index (χ4n) is 0.455. The van der Waals surface area contributed by atoms with Crippen LogP contribution >= 0.6 is 0 Å². The fourth-order valence-corrected chi connectivity index (χ4v) is 0.455. The van der Waals surface area contributed by atoms with Gasteiger partial charge in [-0.15, -0.1) is 0 Å². The first-order valence-corrected chi connectivity index (χ1v) is 2.73. The van der Waals surface area contributed by atoms with Crippen molar-refractivity contribution in [3.05, 3.63) is 44.8 Å². The van der Waals surface area contributed by atoms with Crippen LogP contribution in [-0.2, 0) is 21.1 Å². The van der Waals surface area contributed by atoms with Crippen molar-refractivity contribution in [3.8, 4) is 0 Å². The molecule has 0 fully saturated rings. The minimum Gasteiger partial charge on any atom is -0.577 e. The van der Waals surface area contributed by atoms with E-state index in [9.17, 15) is 0 Å². The Morgan fingerprint density at radius 3 is 1.33 bits per heavy atom. The fraction of sp³-hybridized carbons (Fsp3) is 0.429. The van der Waals surface area contributed by atoms with Crippen molar-refractivity contribution in [2.75, 3.05) is 0 Å². The maximum Gasteiger partial charge on any atom is 0 e. The van der Waals surface area contributed by atoms with Crippen molar-refractivity contribution in [2.45, 2.75) is 20.8 Å². The molecule has 0 aromatic carbocycles. The van der Waals surface area contributed by atoms with Crippen molar-refractivity contribution < 1.29 is 21.1 Å². The molecule has 0 saturated carbocycles. The van der Waals surface area contributed by atoms with Gasteiger partial charge in [-0.25, -0.2) is 11.6 Å². The van der Waals surface area contributed by atoms with Gasteiger partial charge in [-0.3, -0.25) is 6.58 Å². The molecule has 0 aliphatic heterocycles. The first-order valence-electron chi connectivity index (χ1n) is 2.73. The Kier molecular flexibility index (Phi) is 42.1. The minimum absolute atomic E-state index is 0. The predicted octanol–water partition coefficient (Wildman–Crippen LogP) is 2.97. The van der Waals surface area contributed by atoms with Crippen LogP contribution < -0.4 is 0 Å². The number of hydrogen-bond donors (Lipinski definition) is 0. The SMILES string of the molecule is [CH-]=C(C)C=C(C)C.[N-]=O.[N-]=O.[W]. The molecule has 0 bridgehead atoms. The molecule has 12 heavy (non-hydrogen) atoms. The van der Waals surface area contributed by atoms with E-state index in [2.05, 4.69) is 0 Å². The molecule has 0 N–H and O–H groups in total. The molecule has 70 valence electrons. The van der Waals surface area contributed by atoms with Gasteiger partial charge in [0, 0.05) is 21.1 Å². The number of nitroso groups, excluding NO2 is 2. The molecule has 5 heteroatoms. The van der Waals surface area contributed by atoms with Crippen LogP contribution in [0.4, 0.5) is 0 Å². The topological polar surface area (TPSA) is 78.7 Å². The van der Waals surface area contributed by atoms with E-state index in [0.717, 1.165) is 5.57 Å². The zero-order valence-corrected chi connectivity index (χ0v) is 10.2. The average Bonchev–Trinajstić information content (AvgIpc) is 1.93. The second-order valence-electron chi connectivity index (χ2n) is 1.97. The van der Waals surface area contributed by atoms with Gasteiger partial charge in [0.05, 0.1) is 0 Å². The average molecular weight is 339 g/mol. The number of rotatable bonds is 1. The molecule has 0 saturated heterocycles. The molecule has 0 rings (SSSR count). The van der Waals surface area contributed by atoms with E-state index >= 15 is 0 Å². The molecule has 0 aromatic heterocycles. The van der Waals surface area contributed by atoms with E-state index in [1.807, 2.05) is 26.8 Å². The molecular formula is C7H11N2O2W-3. The van der Waals surface area contributed by atoms with Gasteiger partial charge in [-0.2, -0.15) is 5.57 Å². The third kappa shape index (κ3) is 57.8. The molecular weight excluding hydrogens is 328 g/mol. The number of hydrogen-bond acceptors (Lipinski definition) is 2. The van der Waals surface area contributed by atoms with E-state index in [1.54, 1.807) is 0 Å². The normalized spacial score (nSPS) is 5.25. The van der Waals surface area contributed by atoms with Crippen molar-refractivity contribution >= 4 is 0 Å². The third-order valence-electron chi connectivity index (χ3n) is 0.516. The summed E-state index contributed by atoms with van der Waals surface area (Å²) < 4.78 is 0. The number of allylic oxidation sites excluding steroid dienone is 3. The summed E-state index contributed by atoms with van der Waals surface area (Å²) >= 11 is 0.